The van der Waals surface area contributed by atoms with Gasteiger partial charge in [-0.1, -0.05) is 55.3 Å². The molecule has 3 rings (SSSR count). The fourth-order valence-electron chi connectivity index (χ4n) is 3.95. The Hall–Kier alpha value is -1.87. The van der Waals surface area contributed by atoms with Crippen LogP contribution in [0.4, 0.5) is 0 Å². The van der Waals surface area contributed by atoms with Crippen LogP contribution < -0.4 is 4.72 Å². The Morgan fingerprint density at radius 3 is 2.72 bits per heavy atom. The van der Waals surface area contributed by atoms with Crippen LogP contribution in [0.15, 0.2) is 13.9 Å². The number of carbonyl (C=O) groups is 1. The van der Waals surface area contributed by atoms with Gasteiger partial charge >= 0.3 is 5.97 Å². The molecule has 0 saturated heterocycles. The smallest absolute Gasteiger partial charge is 0.304 e. The van der Waals surface area contributed by atoms with E-state index in [4.69, 9.17) is 9.05 Å². The predicted molar refractivity (Wildman–Crippen MR) is 108 cm³/mol. The van der Waals surface area contributed by atoms with E-state index in [1.54, 1.807) is 0 Å². The highest BCUT2D eigenvalue weighted by atomic mass is 32.2. The molecule has 9 heteroatoms. The van der Waals surface area contributed by atoms with Gasteiger partial charge in [-0.2, -0.15) is 4.98 Å². The molecule has 1 atom stereocenters. The lowest BCUT2D eigenvalue weighted by Gasteiger charge is -2.21. The van der Waals surface area contributed by atoms with Crippen molar-refractivity contribution in [2.75, 3.05) is 0 Å². The SMILES string of the molecule is Cc1noc(C)c1SNCc1noc([C@H](CCCC2CCCCC2)CC(=O)O)n1. The van der Waals surface area contributed by atoms with Crippen molar-refractivity contribution in [2.45, 2.75) is 89.0 Å². The summed E-state index contributed by atoms with van der Waals surface area (Å²) in [7, 11) is 0. The number of hydrogen-bond acceptors (Lipinski definition) is 8. The van der Waals surface area contributed by atoms with E-state index < -0.39 is 5.97 Å². The molecular weight excluding hydrogens is 392 g/mol. The summed E-state index contributed by atoms with van der Waals surface area (Å²) in [6, 6.07) is 0. The van der Waals surface area contributed by atoms with Crippen LogP contribution in [0.2, 0.25) is 0 Å². The minimum absolute atomic E-state index is 0.0214. The zero-order valence-corrected chi connectivity index (χ0v) is 18.0. The fourth-order valence-corrected chi connectivity index (χ4v) is 4.66. The fraction of sp³-hybridized carbons (Fsp3) is 0.700. The van der Waals surface area contributed by atoms with Gasteiger partial charge in [-0.15, -0.1) is 0 Å². The zero-order chi connectivity index (χ0) is 20.6. The number of aromatic nitrogens is 3. The molecule has 1 aliphatic carbocycles. The molecule has 0 bridgehead atoms. The van der Waals surface area contributed by atoms with Gasteiger partial charge in [0.2, 0.25) is 5.89 Å². The van der Waals surface area contributed by atoms with Gasteiger partial charge in [0.15, 0.2) is 5.82 Å². The first-order valence-corrected chi connectivity index (χ1v) is 11.2. The van der Waals surface area contributed by atoms with E-state index in [0.29, 0.717) is 18.3 Å². The van der Waals surface area contributed by atoms with Crippen LogP contribution >= 0.6 is 11.9 Å². The third kappa shape index (κ3) is 6.57. The first-order valence-electron chi connectivity index (χ1n) is 10.4. The van der Waals surface area contributed by atoms with Gasteiger partial charge < -0.3 is 14.2 Å². The van der Waals surface area contributed by atoms with Crippen LogP contribution in [0.3, 0.4) is 0 Å². The Labute approximate surface area is 175 Å². The Bertz CT molecular complexity index is 766. The molecule has 2 N–H and O–H groups in total. The van der Waals surface area contributed by atoms with Crippen LogP contribution in [-0.2, 0) is 11.3 Å². The zero-order valence-electron chi connectivity index (χ0n) is 17.1. The van der Waals surface area contributed by atoms with Gasteiger partial charge in [0.1, 0.15) is 5.76 Å². The van der Waals surface area contributed by atoms with Gasteiger partial charge in [-0.25, -0.2) is 0 Å². The van der Waals surface area contributed by atoms with Crippen molar-refractivity contribution in [3.63, 3.8) is 0 Å². The van der Waals surface area contributed by atoms with Crippen LogP contribution in [0.1, 0.15) is 86.9 Å². The van der Waals surface area contributed by atoms with E-state index >= 15 is 0 Å². The molecule has 1 aliphatic rings. The lowest BCUT2D eigenvalue weighted by molar-refractivity contribution is -0.137. The number of carboxylic acid groups (broad SMARTS) is 1. The molecule has 1 saturated carbocycles. The van der Waals surface area contributed by atoms with Gasteiger partial charge in [-0.05, 0) is 38.1 Å². The number of carboxylic acids is 1. The van der Waals surface area contributed by atoms with Crippen LogP contribution in [0.5, 0.6) is 0 Å². The molecule has 2 aromatic heterocycles. The third-order valence-electron chi connectivity index (χ3n) is 5.52. The minimum Gasteiger partial charge on any atom is -0.481 e. The summed E-state index contributed by atoms with van der Waals surface area (Å²) in [5.41, 5.74) is 0.827. The Morgan fingerprint density at radius 2 is 2.03 bits per heavy atom. The molecule has 2 heterocycles. The summed E-state index contributed by atoms with van der Waals surface area (Å²) in [4.78, 5) is 16.7. The molecule has 160 valence electrons. The first kappa shape index (κ1) is 21.8. The maximum absolute atomic E-state index is 11.3. The van der Waals surface area contributed by atoms with E-state index in [1.165, 1.54) is 44.1 Å². The quantitative estimate of drug-likeness (QED) is 0.494. The number of aryl methyl sites for hydroxylation is 2. The van der Waals surface area contributed by atoms with Crippen molar-refractivity contribution in [2.24, 2.45) is 5.92 Å². The van der Waals surface area contributed by atoms with Crippen molar-refractivity contribution in [3.05, 3.63) is 23.2 Å². The largest absolute Gasteiger partial charge is 0.481 e. The molecular formula is C20H30N4O4S. The predicted octanol–water partition coefficient (Wildman–Crippen LogP) is 4.78. The lowest BCUT2D eigenvalue weighted by atomic mass is 9.84. The van der Waals surface area contributed by atoms with Gasteiger partial charge in [0.25, 0.3) is 0 Å². The van der Waals surface area contributed by atoms with Gasteiger partial charge in [0, 0.05) is 5.92 Å². The molecule has 0 amide bonds. The molecule has 29 heavy (non-hydrogen) atoms. The van der Waals surface area contributed by atoms with Gasteiger partial charge in [-0.3, -0.25) is 9.52 Å². The molecule has 0 aliphatic heterocycles. The highest BCUT2D eigenvalue weighted by Gasteiger charge is 2.23. The van der Waals surface area contributed by atoms with Crippen molar-refractivity contribution in [1.29, 1.82) is 0 Å². The first-order chi connectivity index (χ1) is 14.0. The van der Waals surface area contributed by atoms with Crippen LogP contribution in [0.25, 0.3) is 0 Å². The number of rotatable bonds is 11. The average Bonchev–Trinajstić information content (AvgIpc) is 3.29. The molecule has 0 aromatic carbocycles. The highest BCUT2D eigenvalue weighted by molar-refractivity contribution is 7.97. The molecule has 2 aromatic rings. The maximum Gasteiger partial charge on any atom is 0.304 e. The monoisotopic (exact) mass is 422 g/mol. The van der Waals surface area contributed by atoms with Crippen LogP contribution in [0, 0.1) is 19.8 Å². The molecule has 0 spiro atoms. The minimum atomic E-state index is -0.834. The molecule has 8 nitrogen and oxygen atoms in total. The summed E-state index contributed by atoms with van der Waals surface area (Å²) < 4.78 is 13.7. The third-order valence-corrected chi connectivity index (χ3v) is 6.59. The Morgan fingerprint density at radius 1 is 1.24 bits per heavy atom. The standard InChI is InChI=1S/C20H30N4O4S/c1-13-19(14(2)27-23-13)29-21-12-17-22-20(28-24-17)16(11-18(25)26)10-6-9-15-7-4-3-5-8-15/h15-16,21H,3-12H2,1-2H3,(H,25,26)/t16-/m1/s1. The number of hydrogen-bond donors (Lipinski definition) is 2. The normalized spacial score (nSPS) is 16.2. The van der Waals surface area contributed by atoms with E-state index in [9.17, 15) is 9.90 Å². The molecule has 0 unspecified atom stereocenters. The van der Waals surface area contributed by atoms with Crippen molar-refractivity contribution in [1.82, 2.24) is 20.0 Å². The van der Waals surface area contributed by atoms with E-state index in [1.807, 2.05) is 13.8 Å². The van der Waals surface area contributed by atoms with Crippen molar-refractivity contribution < 1.29 is 18.9 Å². The molecule has 1 fully saturated rings. The summed E-state index contributed by atoms with van der Waals surface area (Å²) in [5.74, 6) is 1.43. The Balaban J connectivity index is 1.50. The average molecular weight is 423 g/mol. The summed E-state index contributed by atoms with van der Waals surface area (Å²) >= 11 is 1.41. The molecule has 0 radical (unpaired) electrons. The van der Waals surface area contributed by atoms with Crippen LogP contribution in [-0.4, -0.2) is 26.4 Å². The second-order valence-corrected chi connectivity index (χ2v) is 8.76. The maximum atomic E-state index is 11.3. The summed E-state index contributed by atoms with van der Waals surface area (Å²) in [6.07, 6.45) is 9.58. The van der Waals surface area contributed by atoms with E-state index in [0.717, 1.165) is 41.5 Å². The summed E-state index contributed by atoms with van der Waals surface area (Å²) in [6.45, 7) is 4.15. The second-order valence-electron chi connectivity index (χ2n) is 7.86. The van der Waals surface area contributed by atoms with E-state index in [-0.39, 0.29) is 12.3 Å². The second kappa shape index (κ2) is 10.8. The van der Waals surface area contributed by atoms with Crippen molar-refractivity contribution >= 4 is 17.9 Å². The summed E-state index contributed by atoms with van der Waals surface area (Å²) in [5, 5.41) is 17.2. The Kier molecular flexibility index (Phi) is 8.11. The van der Waals surface area contributed by atoms with Crippen molar-refractivity contribution in [3.8, 4) is 0 Å². The number of nitrogens with zero attached hydrogens (tertiary/aromatic N) is 3. The lowest BCUT2D eigenvalue weighted by Crippen LogP contribution is -2.10. The van der Waals surface area contributed by atoms with Gasteiger partial charge in [0.05, 0.1) is 23.6 Å². The number of aliphatic carboxylic acids is 1. The number of nitrogens with one attached hydrogen (secondary N) is 1. The van der Waals surface area contributed by atoms with E-state index in [2.05, 4.69) is 20.0 Å². The topological polar surface area (TPSA) is 114 Å². The highest BCUT2D eigenvalue weighted by Crippen LogP contribution is 2.31.